The smallest absolute Gasteiger partial charge is 0.356 e. The number of sulfonamides is 1. The van der Waals surface area contributed by atoms with Crippen LogP contribution in [0.1, 0.15) is 33.6 Å². The minimum Gasteiger partial charge on any atom is -0.356 e. The number of nitrogens with one attached hydrogen (secondary N) is 3. The Morgan fingerprint density at radius 3 is 2.15 bits per heavy atom. The molecule has 1 fully saturated rings. The highest BCUT2D eigenvalue weighted by atomic mass is 32.2. The second kappa shape index (κ2) is 9.23. The first-order valence-electron chi connectivity index (χ1n) is 8.63. The number of guanidine groups is 1. The molecular weight excluding hydrogens is 371 g/mol. The van der Waals surface area contributed by atoms with Crippen molar-refractivity contribution in [2.75, 3.05) is 39.8 Å². The first kappa shape index (κ1) is 23.0. The van der Waals surface area contributed by atoms with E-state index < -0.39 is 15.5 Å². The molecule has 7 nitrogen and oxygen atoms in total. The summed E-state index contributed by atoms with van der Waals surface area (Å²) in [5, 5.41) is 9.64. The Hall–Kier alpha value is -1.07. The van der Waals surface area contributed by atoms with Gasteiger partial charge in [0.25, 0.3) is 0 Å². The van der Waals surface area contributed by atoms with Gasteiger partial charge in [-0.15, -0.1) is 0 Å². The molecule has 26 heavy (non-hydrogen) atoms. The summed E-state index contributed by atoms with van der Waals surface area (Å²) in [5.74, 6) is 0.715. The van der Waals surface area contributed by atoms with E-state index in [9.17, 15) is 21.6 Å². The molecule has 3 N–H and O–H groups in total. The van der Waals surface area contributed by atoms with Gasteiger partial charge in [-0.3, -0.25) is 4.99 Å². The Bertz CT molecular complexity index is 565. The molecule has 0 radical (unpaired) electrons. The third kappa shape index (κ3) is 7.28. The second-order valence-electron chi connectivity index (χ2n) is 7.35. The number of rotatable bonds is 6. The molecule has 1 rings (SSSR count). The van der Waals surface area contributed by atoms with E-state index in [2.05, 4.69) is 41.7 Å². The minimum atomic E-state index is -5.23. The normalized spacial score (nSPS) is 18.8. The number of alkyl halides is 3. The van der Waals surface area contributed by atoms with Gasteiger partial charge in [0.05, 0.1) is 0 Å². The number of hydrogen-bond acceptors (Lipinski definition) is 4. The van der Waals surface area contributed by atoms with Crippen LogP contribution in [0.15, 0.2) is 4.99 Å². The highest BCUT2D eigenvalue weighted by molar-refractivity contribution is 7.90. The van der Waals surface area contributed by atoms with E-state index >= 15 is 0 Å². The van der Waals surface area contributed by atoms with Gasteiger partial charge in [-0.2, -0.15) is 17.5 Å². The highest BCUT2D eigenvalue weighted by Crippen LogP contribution is 2.30. The van der Waals surface area contributed by atoms with Crippen molar-refractivity contribution in [2.24, 2.45) is 10.9 Å². The van der Waals surface area contributed by atoms with Crippen LogP contribution in [0.4, 0.5) is 13.2 Å². The maximum Gasteiger partial charge on any atom is 0.511 e. The van der Waals surface area contributed by atoms with Gasteiger partial charge < -0.3 is 16.0 Å². The van der Waals surface area contributed by atoms with E-state index in [1.165, 1.54) is 0 Å². The van der Waals surface area contributed by atoms with Crippen molar-refractivity contribution in [3.8, 4) is 0 Å². The lowest BCUT2D eigenvalue weighted by atomic mass is 9.98. The van der Waals surface area contributed by atoms with E-state index in [1.807, 2.05) is 0 Å². The summed E-state index contributed by atoms with van der Waals surface area (Å²) < 4.78 is 61.0. The summed E-state index contributed by atoms with van der Waals surface area (Å²) in [5.41, 5.74) is -5.20. The molecule has 0 aromatic rings. The fraction of sp³-hybridized carbons (Fsp3) is 0.933. The zero-order chi connectivity index (χ0) is 20.0. The van der Waals surface area contributed by atoms with Crippen LogP contribution >= 0.6 is 0 Å². The molecule has 0 amide bonds. The van der Waals surface area contributed by atoms with Crippen molar-refractivity contribution in [3.05, 3.63) is 0 Å². The molecule has 1 heterocycles. The van der Waals surface area contributed by atoms with Gasteiger partial charge in [0.2, 0.25) is 0 Å². The maximum absolute atomic E-state index is 12.6. The average molecular weight is 401 g/mol. The lowest BCUT2D eigenvalue weighted by molar-refractivity contribution is -0.0496. The van der Waals surface area contributed by atoms with Gasteiger partial charge in [-0.1, -0.05) is 0 Å². The van der Waals surface area contributed by atoms with E-state index in [1.54, 1.807) is 7.05 Å². The van der Waals surface area contributed by atoms with E-state index in [4.69, 9.17) is 0 Å². The third-order valence-electron chi connectivity index (χ3n) is 4.06. The molecule has 0 bridgehead atoms. The van der Waals surface area contributed by atoms with Crippen molar-refractivity contribution >= 4 is 16.0 Å². The summed E-state index contributed by atoms with van der Waals surface area (Å²) in [6.45, 7) is 7.97. The molecule has 0 unspecified atom stereocenters. The summed E-state index contributed by atoms with van der Waals surface area (Å²) in [6.07, 6.45) is 0.760. The quantitative estimate of drug-likeness (QED) is 0.353. The molecule has 1 aliphatic heterocycles. The first-order valence-corrected chi connectivity index (χ1v) is 10.1. The Labute approximate surface area is 153 Å². The fourth-order valence-corrected chi connectivity index (χ4v) is 3.56. The van der Waals surface area contributed by atoms with Crippen molar-refractivity contribution < 1.29 is 21.6 Å². The zero-order valence-corrected chi connectivity index (χ0v) is 16.6. The molecule has 154 valence electrons. The van der Waals surface area contributed by atoms with Crippen LogP contribution in [0.5, 0.6) is 0 Å². The van der Waals surface area contributed by atoms with Gasteiger partial charge >= 0.3 is 15.5 Å². The molecule has 0 spiro atoms. The lowest BCUT2D eigenvalue weighted by Crippen LogP contribution is -2.48. The Kier molecular flexibility index (Phi) is 8.15. The Morgan fingerprint density at radius 2 is 1.69 bits per heavy atom. The fourth-order valence-electron chi connectivity index (χ4n) is 2.58. The zero-order valence-electron chi connectivity index (χ0n) is 15.8. The van der Waals surface area contributed by atoms with Gasteiger partial charge in [0.15, 0.2) is 5.96 Å². The predicted molar refractivity (Wildman–Crippen MR) is 96.4 cm³/mol. The largest absolute Gasteiger partial charge is 0.511 e. The van der Waals surface area contributed by atoms with Crippen molar-refractivity contribution in [3.63, 3.8) is 0 Å². The maximum atomic E-state index is 12.6. The summed E-state index contributed by atoms with van der Waals surface area (Å²) in [7, 11) is -3.57. The van der Waals surface area contributed by atoms with Crippen molar-refractivity contribution in [1.82, 2.24) is 20.3 Å². The predicted octanol–water partition coefficient (Wildman–Crippen LogP) is 1.10. The number of piperidine rings is 1. The van der Waals surface area contributed by atoms with Crippen LogP contribution in [-0.4, -0.2) is 69.5 Å². The third-order valence-corrected chi connectivity index (χ3v) is 5.69. The SMILES string of the molecule is CN=C(NCCNC(C)(C)C)NCC1CCN(S(=O)(=O)C(F)(F)F)CC1. The monoisotopic (exact) mass is 401 g/mol. The summed E-state index contributed by atoms with van der Waals surface area (Å²) in [4.78, 5) is 4.10. The summed E-state index contributed by atoms with van der Waals surface area (Å²) in [6, 6.07) is 0. The summed E-state index contributed by atoms with van der Waals surface area (Å²) >= 11 is 0. The van der Waals surface area contributed by atoms with Crippen LogP contribution < -0.4 is 16.0 Å². The molecular formula is C15H30F3N5O2S. The number of halogens is 3. The number of aliphatic imine (C=N–C) groups is 1. The molecule has 1 aliphatic rings. The topological polar surface area (TPSA) is 85.8 Å². The van der Waals surface area contributed by atoms with Gasteiger partial charge in [0.1, 0.15) is 0 Å². The molecule has 1 saturated heterocycles. The molecule has 0 aliphatic carbocycles. The lowest BCUT2D eigenvalue weighted by Gasteiger charge is -2.31. The molecule has 0 atom stereocenters. The van der Waals surface area contributed by atoms with Crippen LogP contribution in [-0.2, 0) is 10.0 Å². The van der Waals surface area contributed by atoms with Crippen LogP contribution in [0.25, 0.3) is 0 Å². The molecule has 0 saturated carbocycles. The van der Waals surface area contributed by atoms with Gasteiger partial charge in [-0.05, 0) is 39.5 Å². The molecule has 11 heteroatoms. The molecule has 0 aromatic heterocycles. The second-order valence-corrected chi connectivity index (χ2v) is 9.28. The van der Waals surface area contributed by atoms with Gasteiger partial charge in [0, 0.05) is 45.3 Å². The van der Waals surface area contributed by atoms with E-state index in [0.717, 1.165) is 6.54 Å². The Morgan fingerprint density at radius 1 is 1.12 bits per heavy atom. The van der Waals surface area contributed by atoms with Crippen LogP contribution in [0.2, 0.25) is 0 Å². The average Bonchev–Trinajstić information content (AvgIpc) is 2.52. The van der Waals surface area contributed by atoms with E-state index in [0.29, 0.717) is 36.2 Å². The number of nitrogens with zero attached hydrogens (tertiary/aromatic N) is 2. The first-order chi connectivity index (χ1) is 11.9. The van der Waals surface area contributed by atoms with Gasteiger partial charge in [-0.25, -0.2) is 8.42 Å². The van der Waals surface area contributed by atoms with Crippen molar-refractivity contribution in [1.29, 1.82) is 0 Å². The van der Waals surface area contributed by atoms with E-state index in [-0.39, 0.29) is 24.5 Å². The standard InChI is InChI=1S/C15H30F3N5O2S/c1-14(2,3)22-8-7-20-13(19-4)21-11-12-5-9-23(10-6-12)26(24,25)15(16,17)18/h12,22H,5-11H2,1-4H3,(H2,19,20,21). The van der Waals surface area contributed by atoms with Crippen molar-refractivity contribution in [2.45, 2.75) is 44.7 Å². The van der Waals surface area contributed by atoms with Crippen LogP contribution in [0, 0.1) is 5.92 Å². The highest BCUT2D eigenvalue weighted by Gasteiger charge is 2.50. The minimum absolute atomic E-state index is 0.0311. The Balaban J connectivity index is 2.34. The number of hydrogen-bond donors (Lipinski definition) is 3. The van der Waals surface area contributed by atoms with Crippen LogP contribution in [0.3, 0.4) is 0 Å². The molecule has 0 aromatic carbocycles.